The Bertz CT molecular complexity index is 661. The fraction of sp³-hybridized carbons (Fsp3) is 1.00. The highest BCUT2D eigenvalue weighted by Gasteiger charge is 2.31. The van der Waals surface area contributed by atoms with Crippen LogP contribution in [-0.2, 0) is 52.3 Å². The van der Waals surface area contributed by atoms with E-state index in [-0.39, 0.29) is 59.4 Å². The summed E-state index contributed by atoms with van der Waals surface area (Å²) >= 11 is 0. The minimum absolute atomic E-state index is 0.00725. The van der Waals surface area contributed by atoms with Gasteiger partial charge >= 0.3 is 0 Å². The van der Waals surface area contributed by atoms with Crippen molar-refractivity contribution < 1.29 is 67.6 Å². The molecule has 0 rings (SSSR count). The van der Waals surface area contributed by atoms with E-state index in [1.165, 1.54) is 5.23 Å². The van der Waals surface area contributed by atoms with Crippen molar-refractivity contribution in [1.82, 2.24) is 15.0 Å². The van der Waals surface area contributed by atoms with Crippen LogP contribution in [0.3, 0.4) is 0 Å². The Morgan fingerprint density at radius 1 is 0.460 bits per heavy atom. The summed E-state index contributed by atoms with van der Waals surface area (Å²) in [5.41, 5.74) is -0.625. The summed E-state index contributed by atoms with van der Waals surface area (Å²) in [5.74, 6) is 0. The average molecular weight is 734 g/mol. The van der Waals surface area contributed by atoms with E-state index in [0.29, 0.717) is 85.3 Å². The number of ether oxygens (including phenoxy) is 9. The first kappa shape index (κ1) is 49.3. The van der Waals surface area contributed by atoms with Crippen LogP contribution >= 0.6 is 0 Å². The van der Waals surface area contributed by atoms with E-state index in [4.69, 9.17) is 52.3 Å². The first-order valence-electron chi connectivity index (χ1n) is 17.4. The molecule has 0 bridgehead atoms. The number of aliphatic hydroxyl groups is 3. The molecular weight excluding hydrogens is 662 g/mol. The average Bonchev–Trinajstić information content (AvgIpc) is 3.10. The summed E-state index contributed by atoms with van der Waals surface area (Å²) in [6.07, 6.45) is -1.80. The predicted octanol–water partition coefficient (Wildman–Crippen LogP) is -0.837. The van der Waals surface area contributed by atoms with Crippen LogP contribution < -0.4 is 0 Å². The van der Waals surface area contributed by atoms with Crippen molar-refractivity contribution in [3.05, 3.63) is 0 Å². The van der Waals surface area contributed by atoms with Crippen LogP contribution in [0.15, 0.2) is 0 Å². The summed E-state index contributed by atoms with van der Waals surface area (Å²) in [6, 6.07) is 0. The van der Waals surface area contributed by atoms with Gasteiger partial charge in [0.15, 0.2) is 0 Å². The normalized spacial score (nSPS) is 15.3. The van der Waals surface area contributed by atoms with Gasteiger partial charge in [-0.2, -0.15) is 0 Å². The molecule has 0 aliphatic carbocycles. The molecule has 0 aliphatic heterocycles. The third-order valence-corrected chi connectivity index (χ3v) is 7.70. The second-order valence-electron chi connectivity index (χ2n) is 12.1. The molecular formula is C33H71N3O14. The molecule has 0 amide bonds. The Morgan fingerprint density at radius 3 is 1.08 bits per heavy atom. The summed E-state index contributed by atoms with van der Waals surface area (Å²) in [7, 11) is 9.70. The van der Waals surface area contributed by atoms with Crippen LogP contribution in [0.5, 0.6) is 0 Å². The van der Waals surface area contributed by atoms with Gasteiger partial charge in [-0.05, 0) is 6.42 Å². The molecule has 0 aromatic rings. The Balaban J connectivity index is 5.39. The molecule has 17 nitrogen and oxygen atoms in total. The highest BCUT2D eigenvalue weighted by atomic mass is 17.0. The first-order chi connectivity index (χ1) is 24.2. The van der Waals surface area contributed by atoms with Crippen LogP contribution in [0.4, 0.5) is 0 Å². The molecule has 0 fully saturated rings. The van der Waals surface area contributed by atoms with Gasteiger partial charge in [0.25, 0.3) is 0 Å². The van der Waals surface area contributed by atoms with Gasteiger partial charge in [-0.15, -0.1) is 0 Å². The Morgan fingerprint density at radius 2 is 0.780 bits per heavy atom. The quantitative estimate of drug-likeness (QED) is 0.0527. The highest BCUT2D eigenvalue weighted by molar-refractivity contribution is 4.79. The zero-order valence-electron chi connectivity index (χ0n) is 32.0. The molecule has 3 atom stereocenters. The number of rotatable bonds is 39. The van der Waals surface area contributed by atoms with Gasteiger partial charge in [0.2, 0.25) is 0 Å². The molecule has 3 unspecified atom stereocenters. The molecule has 0 heterocycles. The van der Waals surface area contributed by atoms with E-state index in [2.05, 4.69) is 9.80 Å². The first-order valence-corrected chi connectivity index (χ1v) is 17.4. The van der Waals surface area contributed by atoms with Gasteiger partial charge < -0.3 is 58.0 Å². The summed E-state index contributed by atoms with van der Waals surface area (Å²) < 4.78 is 49.1. The van der Waals surface area contributed by atoms with Crippen molar-refractivity contribution in [3.63, 3.8) is 0 Å². The number of hydrogen-bond acceptors (Lipinski definition) is 17. The van der Waals surface area contributed by atoms with Crippen molar-refractivity contribution in [2.24, 2.45) is 5.41 Å². The third kappa shape index (κ3) is 27.0. The fourth-order valence-electron chi connectivity index (χ4n) is 4.65. The Hall–Kier alpha value is -0.680. The van der Waals surface area contributed by atoms with E-state index in [1.54, 1.807) is 42.7 Å². The lowest BCUT2D eigenvalue weighted by molar-refractivity contribution is -0.378. The SMILES string of the molecule is CCC(COCC(O)CN(CCOC)CCOC)(COCC(O)CN(CCOC)CCOC)COCC(O)CN(OCCOC)OCCOC. The highest BCUT2D eigenvalue weighted by Crippen LogP contribution is 2.25. The van der Waals surface area contributed by atoms with Crippen LogP contribution in [0.25, 0.3) is 0 Å². The standard InChI is InChI=1S/C33H71N3O14/c1-8-33(27-46-24-30(37)21-34(9-13-40-2)10-14-41-3,28-47-25-31(38)22-35(11-15-42-4)12-16-43-5)29-48-26-32(39)23-36(49-19-17-44-6)50-20-18-45-7/h30-32,37-39H,8-29H2,1-7H3. The number of hydrogen-bond donors (Lipinski definition) is 3. The van der Waals surface area contributed by atoms with E-state index >= 15 is 0 Å². The van der Waals surface area contributed by atoms with Crippen LogP contribution in [-0.4, -0.2) is 230 Å². The molecule has 0 saturated carbocycles. The molecule has 0 radical (unpaired) electrons. The molecule has 0 aromatic heterocycles. The molecule has 50 heavy (non-hydrogen) atoms. The number of aliphatic hydroxyl groups excluding tert-OH is 3. The zero-order chi connectivity index (χ0) is 37.3. The fourth-order valence-corrected chi connectivity index (χ4v) is 4.65. The summed E-state index contributed by atoms with van der Waals surface area (Å²) in [4.78, 5) is 15.2. The molecule has 0 spiro atoms. The van der Waals surface area contributed by atoms with E-state index in [9.17, 15) is 15.3 Å². The Kier molecular flexibility index (Phi) is 33.6. The molecule has 17 heteroatoms. The van der Waals surface area contributed by atoms with Crippen molar-refractivity contribution in [1.29, 1.82) is 0 Å². The monoisotopic (exact) mass is 733 g/mol. The molecule has 302 valence electrons. The molecule has 0 saturated heterocycles. The predicted molar refractivity (Wildman–Crippen MR) is 186 cm³/mol. The maximum Gasteiger partial charge on any atom is 0.0948 e. The lowest BCUT2D eigenvalue weighted by atomic mass is 9.88. The number of methoxy groups -OCH3 is 6. The zero-order valence-corrected chi connectivity index (χ0v) is 32.0. The number of nitrogens with zero attached hydrogens (tertiary/aromatic N) is 3. The second-order valence-corrected chi connectivity index (χ2v) is 12.1. The largest absolute Gasteiger partial charge is 0.389 e. The molecule has 0 aromatic carbocycles. The van der Waals surface area contributed by atoms with Gasteiger partial charge in [-0.1, -0.05) is 12.2 Å². The lowest BCUT2D eigenvalue weighted by Gasteiger charge is -2.34. The van der Waals surface area contributed by atoms with E-state index in [0.717, 1.165) is 0 Å². The Labute approximate surface area is 300 Å². The van der Waals surface area contributed by atoms with Crippen LogP contribution in [0.1, 0.15) is 13.3 Å². The van der Waals surface area contributed by atoms with Gasteiger partial charge in [-0.25, -0.2) is 0 Å². The van der Waals surface area contributed by atoms with Crippen molar-refractivity contribution in [2.45, 2.75) is 31.7 Å². The smallest absolute Gasteiger partial charge is 0.0948 e. The third-order valence-electron chi connectivity index (χ3n) is 7.70. The maximum atomic E-state index is 10.8. The molecule has 3 N–H and O–H groups in total. The minimum atomic E-state index is -0.935. The van der Waals surface area contributed by atoms with Crippen LogP contribution in [0, 0.1) is 5.41 Å². The van der Waals surface area contributed by atoms with E-state index in [1.807, 2.05) is 6.92 Å². The second kappa shape index (κ2) is 34.1. The molecule has 0 aliphatic rings. The topological polar surface area (TPSA) is 172 Å². The van der Waals surface area contributed by atoms with Crippen molar-refractivity contribution in [3.8, 4) is 0 Å². The van der Waals surface area contributed by atoms with Crippen molar-refractivity contribution >= 4 is 0 Å². The van der Waals surface area contributed by atoms with Gasteiger partial charge in [-0.3, -0.25) is 19.5 Å². The van der Waals surface area contributed by atoms with Gasteiger partial charge in [0, 0.05) is 87.3 Å². The van der Waals surface area contributed by atoms with Gasteiger partial charge in [0.1, 0.15) is 0 Å². The summed E-state index contributed by atoms with van der Waals surface area (Å²) in [5, 5.41) is 33.5. The van der Waals surface area contributed by atoms with Crippen LogP contribution in [0.2, 0.25) is 0 Å². The van der Waals surface area contributed by atoms with E-state index < -0.39 is 23.7 Å². The van der Waals surface area contributed by atoms with Crippen molar-refractivity contribution in [2.75, 3.05) is 181 Å². The number of hydroxylamine groups is 2. The minimum Gasteiger partial charge on any atom is -0.389 e. The maximum absolute atomic E-state index is 10.8. The lowest BCUT2D eigenvalue weighted by Crippen LogP contribution is -2.43. The van der Waals surface area contributed by atoms with Gasteiger partial charge in [0.05, 0.1) is 117 Å². The summed E-state index contributed by atoms with van der Waals surface area (Å²) in [6.45, 7) is 9.65.